The molecule has 0 bridgehead atoms. The first-order valence-corrected chi connectivity index (χ1v) is 12.3. The number of halogens is 1. The van der Waals surface area contributed by atoms with E-state index in [2.05, 4.69) is 4.74 Å². The number of methoxy groups -OCH3 is 1. The van der Waals surface area contributed by atoms with Crippen molar-refractivity contribution in [2.24, 2.45) is 0 Å². The highest BCUT2D eigenvalue weighted by Gasteiger charge is 2.34. The molecule has 0 aliphatic carbocycles. The Bertz CT molecular complexity index is 1160. The monoisotopic (exact) mass is 472 g/mol. The van der Waals surface area contributed by atoms with E-state index in [4.69, 9.17) is 11.6 Å². The van der Waals surface area contributed by atoms with Gasteiger partial charge in [-0.05, 0) is 37.3 Å². The quantitative estimate of drug-likeness (QED) is 0.618. The first-order valence-electron chi connectivity index (χ1n) is 9.02. The minimum atomic E-state index is -3.94. The van der Waals surface area contributed by atoms with Gasteiger partial charge in [-0.1, -0.05) is 29.3 Å². The van der Waals surface area contributed by atoms with E-state index in [1.165, 1.54) is 46.1 Å². The van der Waals surface area contributed by atoms with Crippen molar-refractivity contribution < 1.29 is 26.4 Å². The fourth-order valence-corrected chi connectivity index (χ4v) is 6.16. The van der Waals surface area contributed by atoms with Gasteiger partial charge < -0.3 is 4.74 Å². The molecule has 0 amide bonds. The number of benzene rings is 2. The van der Waals surface area contributed by atoms with Gasteiger partial charge in [0.1, 0.15) is 0 Å². The number of carbonyl (C=O) groups excluding carboxylic acids is 1. The van der Waals surface area contributed by atoms with Crippen LogP contribution in [-0.2, 0) is 24.8 Å². The number of nitrogens with zero attached hydrogens (tertiary/aromatic N) is 2. The summed E-state index contributed by atoms with van der Waals surface area (Å²) in [7, 11) is -6.47. The molecule has 8 nitrogen and oxygen atoms in total. The third-order valence-corrected chi connectivity index (χ3v) is 8.97. The molecule has 1 aliphatic rings. The van der Waals surface area contributed by atoms with Gasteiger partial charge in [-0.3, -0.25) is 0 Å². The zero-order chi connectivity index (χ0) is 22.1. The molecule has 2 aromatic carbocycles. The lowest BCUT2D eigenvalue weighted by atomic mass is 10.2. The topological polar surface area (TPSA) is 101 Å². The van der Waals surface area contributed by atoms with E-state index >= 15 is 0 Å². The molecule has 0 N–H and O–H groups in total. The fourth-order valence-electron chi connectivity index (χ4n) is 3.09. The Hall–Kier alpha value is -1.98. The van der Waals surface area contributed by atoms with Gasteiger partial charge in [0, 0.05) is 26.2 Å². The number of hydrogen-bond donors (Lipinski definition) is 0. The molecule has 30 heavy (non-hydrogen) atoms. The molecule has 162 valence electrons. The van der Waals surface area contributed by atoms with Crippen LogP contribution >= 0.6 is 11.6 Å². The summed E-state index contributed by atoms with van der Waals surface area (Å²) >= 11 is 5.96. The van der Waals surface area contributed by atoms with Crippen molar-refractivity contribution in [3.8, 4) is 0 Å². The van der Waals surface area contributed by atoms with Crippen LogP contribution in [0.4, 0.5) is 0 Å². The summed E-state index contributed by atoms with van der Waals surface area (Å²) < 4.78 is 58.7. The molecular formula is C19H21ClN2O6S2. The van der Waals surface area contributed by atoms with Gasteiger partial charge in [-0.25, -0.2) is 21.6 Å². The van der Waals surface area contributed by atoms with Gasteiger partial charge in [0.2, 0.25) is 20.0 Å². The molecule has 0 radical (unpaired) electrons. The maximum absolute atomic E-state index is 13.0. The van der Waals surface area contributed by atoms with E-state index in [0.717, 1.165) is 5.56 Å². The van der Waals surface area contributed by atoms with Gasteiger partial charge >= 0.3 is 5.97 Å². The summed E-state index contributed by atoms with van der Waals surface area (Å²) in [5.74, 6) is -0.744. The van der Waals surface area contributed by atoms with Crippen molar-refractivity contribution in [2.45, 2.75) is 16.7 Å². The van der Waals surface area contributed by atoms with Gasteiger partial charge in [0.25, 0.3) is 0 Å². The van der Waals surface area contributed by atoms with Crippen molar-refractivity contribution in [3.05, 3.63) is 58.6 Å². The number of ether oxygens (including phenoxy) is 1. The molecule has 0 spiro atoms. The molecule has 2 aromatic rings. The minimum Gasteiger partial charge on any atom is -0.465 e. The molecule has 3 rings (SSSR count). The van der Waals surface area contributed by atoms with Gasteiger partial charge in [-0.2, -0.15) is 8.61 Å². The number of carbonyl (C=O) groups is 1. The lowest BCUT2D eigenvalue weighted by Gasteiger charge is -2.33. The standard InChI is InChI=1S/C19H21ClN2O6S2/c1-14-3-5-15(6-4-14)29(24,25)21-9-11-22(12-10-21)30(26,27)16-7-8-18(20)17(13-16)19(23)28-2/h3-8,13H,9-12H2,1-2H3. The number of rotatable bonds is 5. The van der Waals surface area contributed by atoms with Gasteiger partial charge in [0.15, 0.2) is 0 Å². The average molecular weight is 473 g/mol. The molecule has 1 aliphatic heterocycles. The minimum absolute atomic E-state index is 0.0103. The molecule has 0 unspecified atom stereocenters. The van der Waals surface area contributed by atoms with Crippen molar-refractivity contribution in [1.82, 2.24) is 8.61 Å². The summed E-state index contributed by atoms with van der Waals surface area (Å²) in [5, 5.41) is 0.0785. The van der Waals surface area contributed by atoms with Crippen LogP contribution in [-0.4, -0.2) is 64.7 Å². The molecule has 0 atom stereocenters. The van der Waals surface area contributed by atoms with Crippen LogP contribution in [0.5, 0.6) is 0 Å². The molecule has 1 fully saturated rings. The predicted octanol–water partition coefficient (Wildman–Crippen LogP) is 2.13. The normalized spacial score (nSPS) is 16.4. The third kappa shape index (κ3) is 4.37. The van der Waals surface area contributed by atoms with Crippen LogP contribution in [0, 0.1) is 6.92 Å². The fraction of sp³-hybridized carbons (Fsp3) is 0.316. The number of hydrogen-bond acceptors (Lipinski definition) is 6. The number of aryl methyl sites for hydroxylation is 1. The van der Waals surface area contributed by atoms with E-state index in [9.17, 15) is 21.6 Å². The molecule has 1 heterocycles. The van der Waals surface area contributed by atoms with E-state index < -0.39 is 26.0 Å². The van der Waals surface area contributed by atoms with Gasteiger partial charge in [0.05, 0.1) is 27.5 Å². The zero-order valence-electron chi connectivity index (χ0n) is 16.4. The van der Waals surface area contributed by atoms with E-state index in [0.29, 0.717) is 0 Å². The Balaban J connectivity index is 1.79. The second kappa shape index (κ2) is 8.64. The third-order valence-electron chi connectivity index (χ3n) is 4.84. The summed E-state index contributed by atoms with van der Waals surface area (Å²) in [4.78, 5) is 11.9. The number of esters is 1. The Morgan fingerprint density at radius 1 is 0.867 bits per heavy atom. The van der Waals surface area contributed by atoms with Crippen LogP contribution in [0.3, 0.4) is 0 Å². The smallest absolute Gasteiger partial charge is 0.339 e. The van der Waals surface area contributed by atoms with Crippen molar-refractivity contribution >= 4 is 37.6 Å². The van der Waals surface area contributed by atoms with Crippen LogP contribution in [0.25, 0.3) is 0 Å². The summed E-state index contributed by atoms with van der Waals surface area (Å²) in [6, 6.07) is 10.3. The Morgan fingerprint density at radius 3 is 1.83 bits per heavy atom. The van der Waals surface area contributed by atoms with Crippen LogP contribution in [0.2, 0.25) is 5.02 Å². The summed E-state index contributed by atoms with van der Waals surface area (Å²) in [6.45, 7) is 1.88. The maximum atomic E-state index is 13.0. The second-order valence-corrected chi connectivity index (χ2v) is 11.0. The lowest BCUT2D eigenvalue weighted by molar-refractivity contribution is 0.0600. The van der Waals surface area contributed by atoms with Gasteiger partial charge in [-0.15, -0.1) is 0 Å². The SMILES string of the molecule is COC(=O)c1cc(S(=O)(=O)N2CCN(S(=O)(=O)c3ccc(C)cc3)CC2)ccc1Cl. The first kappa shape index (κ1) is 22.7. The number of sulfonamides is 2. The Labute approximate surface area is 181 Å². The van der Waals surface area contributed by atoms with Crippen molar-refractivity contribution in [1.29, 1.82) is 0 Å². The first-order chi connectivity index (χ1) is 14.1. The molecule has 0 aromatic heterocycles. The summed E-state index contributed by atoms with van der Waals surface area (Å²) in [5.41, 5.74) is 0.889. The highest BCUT2D eigenvalue weighted by molar-refractivity contribution is 7.89. The van der Waals surface area contributed by atoms with Crippen LogP contribution in [0.15, 0.2) is 52.3 Å². The maximum Gasteiger partial charge on any atom is 0.339 e. The average Bonchev–Trinajstić information content (AvgIpc) is 2.73. The second-order valence-electron chi connectivity index (χ2n) is 6.75. The van der Waals surface area contributed by atoms with Crippen molar-refractivity contribution in [3.63, 3.8) is 0 Å². The highest BCUT2D eigenvalue weighted by Crippen LogP contribution is 2.25. The van der Waals surface area contributed by atoms with E-state index in [-0.39, 0.29) is 46.6 Å². The Kier molecular flexibility index (Phi) is 6.54. The van der Waals surface area contributed by atoms with Crippen molar-refractivity contribution in [2.75, 3.05) is 33.3 Å². The predicted molar refractivity (Wildman–Crippen MR) is 111 cm³/mol. The summed E-state index contributed by atoms with van der Waals surface area (Å²) in [6.07, 6.45) is 0. The Morgan fingerprint density at radius 2 is 1.33 bits per heavy atom. The molecule has 0 saturated carbocycles. The largest absolute Gasteiger partial charge is 0.465 e. The lowest BCUT2D eigenvalue weighted by Crippen LogP contribution is -2.50. The van der Waals surface area contributed by atoms with E-state index in [1.54, 1.807) is 12.1 Å². The highest BCUT2D eigenvalue weighted by atomic mass is 35.5. The number of piperazine rings is 1. The van der Waals surface area contributed by atoms with Crippen LogP contribution in [0.1, 0.15) is 15.9 Å². The molecular weight excluding hydrogens is 452 g/mol. The zero-order valence-corrected chi connectivity index (χ0v) is 18.8. The molecule has 11 heteroatoms. The van der Waals surface area contributed by atoms with E-state index in [1.807, 2.05) is 6.92 Å². The molecule has 1 saturated heterocycles. The van der Waals surface area contributed by atoms with Crippen LogP contribution < -0.4 is 0 Å².